The fourth-order valence-corrected chi connectivity index (χ4v) is 3.76. The van der Waals surface area contributed by atoms with Crippen LogP contribution in [-0.4, -0.2) is 14.3 Å². The van der Waals surface area contributed by atoms with Crippen molar-refractivity contribution in [1.29, 1.82) is 0 Å². The molecule has 0 heterocycles. The average molecular weight is 415 g/mol. The number of carbonyl (C=O) groups is 1. The van der Waals surface area contributed by atoms with Gasteiger partial charge in [0.2, 0.25) is 5.91 Å². The van der Waals surface area contributed by atoms with E-state index in [0.717, 1.165) is 5.56 Å². The first kappa shape index (κ1) is 19.9. The zero-order chi connectivity index (χ0) is 20.0. The van der Waals surface area contributed by atoms with Crippen LogP contribution in [-0.2, 0) is 21.2 Å². The molecule has 0 aliphatic carbocycles. The normalized spacial score (nSPS) is 11.0. The third kappa shape index (κ3) is 5.58. The number of rotatable bonds is 7. The van der Waals surface area contributed by atoms with Gasteiger partial charge in [0.1, 0.15) is 0 Å². The van der Waals surface area contributed by atoms with Crippen LogP contribution in [0.3, 0.4) is 0 Å². The number of amides is 1. The second-order valence-electron chi connectivity index (χ2n) is 6.17. The lowest BCUT2D eigenvalue weighted by Gasteiger charge is -2.10. The van der Waals surface area contributed by atoms with Gasteiger partial charge >= 0.3 is 0 Å². The molecular weight excluding hydrogens is 396 g/mol. The summed E-state index contributed by atoms with van der Waals surface area (Å²) in [6.45, 7) is 0. The number of aryl methyl sites for hydroxylation is 1. The highest BCUT2D eigenvalue weighted by atomic mass is 35.5. The summed E-state index contributed by atoms with van der Waals surface area (Å²) >= 11 is 5.79. The number of carbonyl (C=O) groups excluding carboxylic acids is 1. The molecule has 0 atom stereocenters. The van der Waals surface area contributed by atoms with E-state index < -0.39 is 10.0 Å². The van der Waals surface area contributed by atoms with Gasteiger partial charge in [-0.2, -0.15) is 0 Å². The van der Waals surface area contributed by atoms with E-state index in [1.54, 1.807) is 24.3 Å². The Balaban J connectivity index is 1.57. The molecule has 0 fully saturated rings. The minimum absolute atomic E-state index is 0.0988. The first-order chi connectivity index (χ1) is 13.4. The molecule has 0 aliphatic heterocycles. The van der Waals surface area contributed by atoms with Crippen LogP contribution in [0.5, 0.6) is 0 Å². The monoisotopic (exact) mass is 414 g/mol. The summed E-state index contributed by atoms with van der Waals surface area (Å²) in [5, 5.41) is 3.27. The first-order valence-electron chi connectivity index (χ1n) is 8.65. The predicted octanol–water partition coefficient (Wildman–Crippen LogP) is 4.71. The fourth-order valence-electron chi connectivity index (χ4n) is 2.58. The molecule has 2 N–H and O–H groups in total. The number of anilines is 2. The van der Waals surface area contributed by atoms with Crippen molar-refractivity contribution in [1.82, 2.24) is 0 Å². The third-order valence-corrected chi connectivity index (χ3v) is 5.68. The highest BCUT2D eigenvalue weighted by Crippen LogP contribution is 2.20. The highest BCUT2D eigenvalue weighted by Gasteiger charge is 2.14. The van der Waals surface area contributed by atoms with E-state index in [4.69, 9.17) is 11.6 Å². The molecule has 0 aromatic heterocycles. The molecule has 0 unspecified atom stereocenters. The molecule has 3 aromatic carbocycles. The van der Waals surface area contributed by atoms with Crippen molar-refractivity contribution in [2.24, 2.45) is 0 Å². The summed E-state index contributed by atoms with van der Waals surface area (Å²) in [4.78, 5) is 12.2. The maximum absolute atomic E-state index is 12.4. The first-order valence-corrected chi connectivity index (χ1v) is 10.5. The van der Waals surface area contributed by atoms with Crippen molar-refractivity contribution in [3.05, 3.63) is 89.4 Å². The van der Waals surface area contributed by atoms with Crippen molar-refractivity contribution >= 4 is 38.9 Å². The van der Waals surface area contributed by atoms with Gasteiger partial charge in [0, 0.05) is 22.8 Å². The van der Waals surface area contributed by atoms with Crippen LogP contribution in [0.2, 0.25) is 5.02 Å². The molecule has 0 aliphatic rings. The maximum Gasteiger partial charge on any atom is 0.261 e. The van der Waals surface area contributed by atoms with Crippen molar-refractivity contribution in [3.8, 4) is 0 Å². The molecule has 28 heavy (non-hydrogen) atoms. The minimum Gasteiger partial charge on any atom is -0.326 e. The Hall–Kier alpha value is -2.83. The van der Waals surface area contributed by atoms with Gasteiger partial charge in [-0.15, -0.1) is 0 Å². The average Bonchev–Trinajstić information content (AvgIpc) is 2.69. The Morgan fingerprint density at radius 1 is 0.821 bits per heavy atom. The molecule has 0 saturated heterocycles. The van der Waals surface area contributed by atoms with Crippen LogP contribution in [0, 0.1) is 0 Å². The second-order valence-corrected chi connectivity index (χ2v) is 8.29. The number of benzene rings is 3. The molecule has 7 heteroatoms. The SMILES string of the molecule is O=C(CCc1ccccc1)Nc1ccc(NS(=O)(=O)c2ccc(Cl)cc2)cc1. The zero-order valence-electron chi connectivity index (χ0n) is 14.9. The van der Waals surface area contributed by atoms with E-state index in [1.165, 1.54) is 24.3 Å². The van der Waals surface area contributed by atoms with Crippen molar-refractivity contribution in [3.63, 3.8) is 0 Å². The molecule has 5 nitrogen and oxygen atoms in total. The molecule has 3 rings (SSSR count). The van der Waals surface area contributed by atoms with Gasteiger partial charge in [-0.25, -0.2) is 8.42 Å². The predicted molar refractivity (Wildman–Crippen MR) is 112 cm³/mol. The fraction of sp³-hybridized carbons (Fsp3) is 0.0952. The molecule has 1 amide bonds. The Morgan fingerprint density at radius 3 is 2.07 bits per heavy atom. The van der Waals surface area contributed by atoms with Gasteiger partial charge in [-0.3, -0.25) is 9.52 Å². The molecule has 0 spiro atoms. The number of hydrogen-bond acceptors (Lipinski definition) is 3. The minimum atomic E-state index is -3.70. The Labute approximate surface area is 169 Å². The maximum atomic E-state index is 12.4. The molecule has 0 radical (unpaired) electrons. The zero-order valence-corrected chi connectivity index (χ0v) is 16.5. The largest absolute Gasteiger partial charge is 0.326 e. The lowest BCUT2D eigenvalue weighted by Crippen LogP contribution is -2.14. The van der Waals surface area contributed by atoms with Crippen molar-refractivity contribution in [2.75, 3.05) is 10.0 Å². The van der Waals surface area contributed by atoms with Gasteiger partial charge in [0.05, 0.1) is 4.90 Å². The Kier molecular flexibility index (Phi) is 6.34. The summed E-state index contributed by atoms with van der Waals surface area (Å²) < 4.78 is 27.2. The summed E-state index contributed by atoms with van der Waals surface area (Å²) in [5.74, 6) is -0.0988. The summed E-state index contributed by atoms with van der Waals surface area (Å²) in [6.07, 6.45) is 1.03. The number of halogens is 1. The van der Waals surface area contributed by atoms with E-state index in [-0.39, 0.29) is 10.8 Å². The second kappa shape index (κ2) is 8.91. The van der Waals surface area contributed by atoms with E-state index >= 15 is 0 Å². The van der Waals surface area contributed by atoms with Gasteiger partial charge in [0.15, 0.2) is 0 Å². The smallest absolute Gasteiger partial charge is 0.261 e. The highest BCUT2D eigenvalue weighted by molar-refractivity contribution is 7.92. The van der Waals surface area contributed by atoms with Crippen LogP contribution in [0.4, 0.5) is 11.4 Å². The van der Waals surface area contributed by atoms with Gasteiger partial charge in [0.25, 0.3) is 10.0 Å². The van der Waals surface area contributed by atoms with E-state index in [1.807, 2.05) is 30.3 Å². The number of nitrogens with one attached hydrogen (secondary N) is 2. The van der Waals surface area contributed by atoms with Gasteiger partial charge in [-0.1, -0.05) is 41.9 Å². The van der Waals surface area contributed by atoms with Crippen molar-refractivity contribution < 1.29 is 13.2 Å². The van der Waals surface area contributed by atoms with Crippen molar-refractivity contribution in [2.45, 2.75) is 17.7 Å². The molecule has 0 bridgehead atoms. The lowest BCUT2D eigenvalue weighted by molar-refractivity contribution is -0.116. The third-order valence-electron chi connectivity index (χ3n) is 4.03. The van der Waals surface area contributed by atoms with E-state index in [0.29, 0.717) is 29.2 Å². The molecule has 0 saturated carbocycles. The van der Waals surface area contributed by atoms with E-state index in [2.05, 4.69) is 10.0 Å². The van der Waals surface area contributed by atoms with Crippen LogP contribution in [0.15, 0.2) is 83.8 Å². The molecule has 144 valence electrons. The molecular formula is C21H19ClN2O3S. The Bertz CT molecular complexity index is 1040. The van der Waals surface area contributed by atoms with Crippen LogP contribution < -0.4 is 10.0 Å². The Morgan fingerprint density at radius 2 is 1.43 bits per heavy atom. The topological polar surface area (TPSA) is 75.3 Å². The number of sulfonamides is 1. The van der Waals surface area contributed by atoms with Crippen LogP contribution in [0.1, 0.15) is 12.0 Å². The summed E-state index contributed by atoms with van der Waals surface area (Å²) in [6, 6.07) is 22.2. The van der Waals surface area contributed by atoms with Crippen LogP contribution in [0.25, 0.3) is 0 Å². The quantitative estimate of drug-likeness (QED) is 0.587. The molecule has 3 aromatic rings. The van der Waals surface area contributed by atoms with Gasteiger partial charge < -0.3 is 5.32 Å². The standard InChI is InChI=1S/C21H19ClN2O3S/c22-17-7-13-20(14-8-17)28(26,27)24-19-11-9-18(10-12-19)23-21(25)15-6-16-4-2-1-3-5-16/h1-5,7-14,24H,6,15H2,(H,23,25). The summed E-state index contributed by atoms with van der Waals surface area (Å²) in [7, 11) is -3.70. The van der Waals surface area contributed by atoms with Crippen LogP contribution >= 0.6 is 11.6 Å². The lowest BCUT2D eigenvalue weighted by atomic mass is 10.1. The van der Waals surface area contributed by atoms with Gasteiger partial charge in [-0.05, 0) is 60.5 Å². The summed E-state index contributed by atoms with van der Waals surface area (Å²) in [5.41, 5.74) is 2.11. The number of hydrogen-bond donors (Lipinski definition) is 2. The van der Waals surface area contributed by atoms with E-state index in [9.17, 15) is 13.2 Å².